The number of rotatable bonds is 10. The molecule has 1 aromatic heterocycles. The molecule has 2 aromatic carbocycles. The van der Waals surface area contributed by atoms with Crippen molar-refractivity contribution in [2.45, 2.75) is 57.2 Å². The second kappa shape index (κ2) is 15.1. The smallest absolute Gasteiger partial charge is 0.231 e. The minimum absolute atomic E-state index is 0. The number of aromatic nitrogens is 1. The molecule has 10 heteroatoms. The molecule has 1 aliphatic rings. The number of halogens is 1. The van der Waals surface area contributed by atoms with Crippen molar-refractivity contribution in [3.05, 3.63) is 89.1 Å². The summed E-state index contributed by atoms with van der Waals surface area (Å²) in [4.78, 5) is 4.64. The molecule has 1 fully saturated rings. The Morgan fingerprint density at radius 1 is 1.05 bits per heavy atom. The van der Waals surface area contributed by atoms with Crippen molar-refractivity contribution in [3.8, 4) is 0 Å². The SMILES string of the molecule is CNCc1ccc(CC[N+](C)(C)Cc2cnc([C@](O)(c3ccccc3)C3CCCCC3)o2)cc1.CS(=O)(=O)[O-].Cl. The van der Waals surface area contributed by atoms with Gasteiger partial charge in [0.25, 0.3) is 0 Å². The Labute approximate surface area is 245 Å². The molecule has 1 heterocycles. The Morgan fingerprint density at radius 3 is 2.20 bits per heavy atom. The van der Waals surface area contributed by atoms with Gasteiger partial charge >= 0.3 is 0 Å². The lowest BCUT2D eigenvalue weighted by Crippen LogP contribution is -2.40. The van der Waals surface area contributed by atoms with Gasteiger partial charge in [-0.15, -0.1) is 12.4 Å². The third-order valence-corrected chi connectivity index (χ3v) is 7.28. The van der Waals surface area contributed by atoms with Gasteiger partial charge in [0.15, 0.2) is 11.4 Å². The van der Waals surface area contributed by atoms with Crippen molar-refractivity contribution in [3.63, 3.8) is 0 Å². The largest absolute Gasteiger partial charge is 0.748 e. The van der Waals surface area contributed by atoms with Crippen LogP contribution in [0.5, 0.6) is 0 Å². The number of benzene rings is 2. The predicted molar refractivity (Wildman–Crippen MR) is 159 cm³/mol. The fourth-order valence-electron chi connectivity index (χ4n) is 5.26. The molecule has 0 saturated heterocycles. The van der Waals surface area contributed by atoms with E-state index in [0.29, 0.717) is 12.1 Å². The van der Waals surface area contributed by atoms with Gasteiger partial charge in [0.2, 0.25) is 5.89 Å². The standard InChI is InChI=1S/C29H40N3O2.CH4O3S.ClH/c1-30-20-24-16-14-23(15-17-24)18-19-32(2,3)22-27-21-31-28(34-27)29(33,25-10-6-4-7-11-25)26-12-8-5-9-13-26;1-5(2,3)4;/h4,6-7,10-11,14-17,21,26,30,33H,5,8-9,12-13,18-20,22H2,1-3H3;1H3,(H,2,3,4);1H/q+1;;/p-1/t29-;;/m0../s1. The van der Waals surface area contributed by atoms with E-state index in [-0.39, 0.29) is 18.3 Å². The van der Waals surface area contributed by atoms with Crippen molar-refractivity contribution in [1.29, 1.82) is 0 Å². The first kappa shape index (κ1) is 33.9. The highest BCUT2D eigenvalue weighted by Gasteiger charge is 2.44. The molecule has 1 saturated carbocycles. The Balaban J connectivity index is 0.000000858. The zero-order chi connectivity index (χ0) is 28.5. The molecule has 0 aliphatic heterocycles. The van der Waals surface area contributed by atoms with Crippen LogP contribution in [0, 0.1) is 5.92 Å². The van der Waals surface area contributed by atoms with E-state index < -0.39 is 15.7 Å². The zero-order valence-electron chi connectivity index (χ0n) is 24.0. The van der Waals surface area contributed by atoms with Gasteiger partial charge < -0.3 is 23.9 Å². The molecule has 4 rings (SSSR count). The Hall–Kier alpha value is -2.27. The summed E-state index contributed by atoms with van der Waals surface area (Å²) >= 11 is 0. The maximum absolute atomic E-state index is 12.0. The number of oxazole rings is 1. The average molecular weight is 594 g/mol. The summed E-state index contributed by atoms with van der Waals surface area (Å²) < 4.78 is 34.3. The highest BCUT2D eigenvalue weighted by Crippen LogP contribution is 2.43. The van der Waals surface area contributed by atoms with Crippen LogP contribution in [0.4, 0.5) is 0 Å². The van der Waals surface area contributed by atoms with Crippen LogP contribution >= 0.6 is 12.4 Å². The van der Waals surface area contributed by atoms with Crippen LogP contribution in [0.15, 0.2) is 65.2 Å². The van der Waals surface area contributed by atoms with E-state index in [1.165, 1.54) is 17.5 Å². The molecular formula is C30H44ClN3O5S. The second-order valence-electron chi connectivity index (χ2n) is 11.2. The number of nitrogens with one attached hydrogen (secondary N) is 1. The van der Waals surface area contributed by atoms with Crippen LogP contribution in [0.2, 0.25) is 0 Å². The summed E-state index contributed by atoms with van der Waals surface area (Å²) in [5, 5.41) is 15.2. The molecule has 2 N–H and O–H groups in total. The molecule has 222 valence electrons. The maximum Gasteiger partial charge on any atom is 0.231 e. The topological polar surface area (TPSA) is 115 Å². The van der Waals surface area contributed by atoms with Crippen LogP contribution in [0.1, 0.15) is 60.4 Å². The first-order chi connectivity index (χ1) is 18.4. The summed E-state index contributed by atoms with van der Waals surface area (Å²) in [6, 6.07) is 18.8. The quantitative estimate of drug-likeness (QED) is 0.260. The number of hydrogen-bond donors (Lipinski definition) is 2. The van der Waals surface area contributed by atoms with Crippen molar-refractivity contribution in [1.82, 2.24) is 10.3 Å². The van der Waals surface area contributed by atoms with E-state index in [1.54, 1.807) is 0 Å². The molecule has 0 spiro atoms. The highest BCUT2D eigenvalue weighted by atomic mass is 35.5. The Bertz CT molecular complexity index is 1250. The summed E-state index contributed by atoms with van der Waals surface area (Å²) in [5.74, 6) is 1.40. The van der Waals surface area contributed by atoms with Gasteiger partial charge in [0.1, 0.15) is 6.54 Å². The molecule has 40 heavy (non-hydrogen) atoms. The number of hydrogen-bond acceptors (Lipinski definition) is 7. The van der Waals surface area contributed by atoms with Gasteiger partial charge in [-0.2, -0.15) is 0 Å². The van der Waals surface area contributed by atoms with Gasteiger partial charge in [-0.1, -0.05) is 73.9 Å². The fraction of sp³-hybridized carbons (Fsp3) is 0.500. The third-order valence-electron chi connectivity index (χ3n) is 7.28. The lowest BCUT2D eigenvalue weighted by atomic mass is 9.73. The van der Waals surface area contributed by atoms with E-state index in [9.17, 15) is 5.11 Å². The minimum atomic E-state index is -3.92. The molecule has 0 bridgehead atoms. The molecule has 1 atom stereocenters. The summed E-state index contributed by atoms with van der Waals surface area (Å²) in [7, 11) is 2.50. The van der Waals surface area contributed by atoms with Crippen LogP contribution in [0.3, 0.4) is 0 Å². The van der Waals surface area contributed by atoms with Crippen LogP contribution in [-0.4, -0.2) is 61.5 Å². The van der Waals surface area contributed by atoms with E-state index in [1.807, 2.05) is 43.6 Å². The van der Waals surface area contributed by atoms with Gasteiger partial charge in [0, 0.05) is 25.1 Å². The van der Waals surface area contributed by atoms with Gasteiger partial charge in [-0.25, -0.2) is 13.4 Å². The lowest BCUT2D eigenvalue weighted by molar-refractivity contribution is -0.904. The number of nitrogens with zero attached hydrogens (tertiary/aromatic N) is 2. The fourth-order valence-corrected chi connectivity index (χ4v) is 5.26. The van der Waals surface area contributed by atoms with Crippen LogP contribution < -0.4 is 5.32 Å². The van der Waals surface area contributed by atoms with E-state index in [4.69, 9.17) is 17.4 Å². The third kappa shape index (κ3) is 10.3. The molecule has 1 aliphatic carbocycles. The number of likely N-dealkylation sites (N-methyl/N-ethyl adjacent to an activating group) is 1. The van der Waals surface area contributed by atoms with E-state index in [0.717, 1.165) is 67.5 Å². The Morgan fingerprint density at radius 2 is 1.62 bits per heavy atom. The summed E-state index contributed by atoms with van der Waals surface area (Å²) in [6.07, 6.45) is 8.95. The van der Waals surface area contributed by atoms with E-state index in [2.05, 4.69) is 48.7 Å². The van der Waals surface area contributed by atoms with Crippen molar-refractivity contribution < 1.29 is 27.0 Å². The highest BCUT2D eigenvalue weighted by molar-refractivity contribution is 7.84. The first-order valence-corrected chi connectivity index (χ1v) is 15.4. The average Bonchev–Trinajstić information content (AvgIpc) is 3.36. The first-order valence-electron chi connectivity index (χ1n) is 13.6. The van der Waals surface area contributed by atoms with Crippen LogP contribution in [-0.2, 0) is 35.2 Å². The lowest BCUT2D eigenvalue weighted by Gasteiger charge is -2.36. The second-order valence-corrected chi connectivity index (χ2v) is 12.6. The number of aliphatic hydroxyl groups is 1. The molecule has 0 unspecified atom stereocenters. The zero-order valence-corrected chi connectivity index (χ0v) is 25.6. The summed E-state index contributed by atoms with van der Waals surface area (Å²) in [6.45, 7) is 2.62. The van der Waals surface area contributed by atoms with E-state index >= 15 is 0 Å². The number of quaternary nitrogens is 1. The van der Waals surface area contributed by atoms with Crippen molar-refractivity contribution in [2.24, 2.45) is 5.92 Å². The normalized spacial score (nSPS) is 15.8. The maximum atomic E-state index is 12.0. The molecule has 8 nitrogen and oxygen atoms in total. The van der Waals surface area contributed by atoms with Gasteiger partial charge in [-0.3, -0.25) is 0 Å². The monoisotopic (exact) mass is 593 g/mol. The summed E-state index contributed by atoms with van der Waals surface area (Å²) in [5.41, 5.74) is 2.36. The van der Waals surface area contributed by atoms with Crippen molar-refractivity contribution in [2.75, 3.05) is 33.9 Å². The minimum Gasteiger partial charge on any atom is -0.748 e. The predicted octanol–water partition coefficient (Wildman–Crippen LogP) is 4.61. The molecule has 3 aromatic rings. The molecular weight excluding hydrogens is 550 g/mol. The van der Waals surface area contributed by atoms with Crippen molar-refractivity contribution >= 4 is 22.5 Å². The Kier molecular flexibility index (Phi) is 12.8. The van der Waals surface area contributed by atoms with Crippen LogP contribution in [0.25, 0.3) is 0 Å². The van der Waals surface area contributed by atoms with Gasteiger partial charge in [-0.05, 0) is 36.6 Å². The van der Waals surface area contributed by atoms with Gasteiger partial charge in [0.05, 0.1) is 37.0 Å². The molecule has 0 amide bonds. The molecule has 0 radical (unpaired) electrons.